The van der Waals surface area contributed by atoms with Crippen molar-refractivity contribution in [3.63, 3.8) is 0 Å². The Labute approximate surface area is 108 Å². The van der Waals surface area contributed by atoms with E-state index in [1.165, 1.54) is 0 Å². The standard InChI is InChI=1S/C13H23N3O2/c1-12(2)6-3-5-9(12)15-11(17)13(7-4-8-13)10(14)16-18/h9,18H,3-8H2,1-2H3,(H2,14,16)(H,15,17). The second-order valence-corrected chi connectivity index (χ2v) is 6.33. The van der Waals surface area contributed by atoms with Crippen molar-refractivity contribution in [2.45, 2.75) is 58.4 Å². The monoisotopic (exact) mass is 253 g/mol. The molecule has 1 atom stereocenters. The van der Waals surface area contributed by atoms with Crippen molar-refractivity contribution in [2.24, 2.45) is 21.7 Å². The van der Waals surface area contributed by atoms with E-state index in [2.05, 4.69) is 24.3 Å². The Morgan fingerprint density at radius 1 is 1.33 bits per heavy atom. The number of carbonyl (C=O) groups excluding carboxylic acids is 1. The molecule has 2 saturated carbocycles. The van der Waals surface area contributed by atoms with E-state index in [1.54, 1.807) is 0 Å². The minimum atomic E-state index is -0.757. The van der Waals surface area contributed by atoms with Crippen molar-refractivity contribution in [3.8, 4) is 0 Å². The molecule has 0 saturated heterocycles. The van der Waals surface area contributed by atoms with E-state index in [0.717, 1.165) is 25.7 Å². The first kappa shape index (κ1) is 13.2. The smallest absolute Gasteiger partial charge is 0.234 e. The highest BCUT2D eigenvalue weighted by Gasteiger charge is 2.50. The van der Waals surface area contributed by atoms with Crippen molar-refractivity contribution in [1.29, 1.82) is 0 Å². The maximum Gasteiger partial charge on any atom is 0.234 e. The lowest BCUT2D eigenvalue weighted by molar-refractivity contribution is -0.132. The number of nitrogens with one attached hydrogen (secondary N) is 1. The van der Waals surface area contributed by atoms with Gasteiger partial charge in [0.15, 0.2) is 5.84 Å². The largest absolute Gasteiger partial charge is 0.409 e. The van der Waals surface area contributed by atoms with E-state index in [1.807, 2.05) is 0 Å². The van der Waals surface area contributed by atoms with Crippen LogP contribution in [0.25, 0.3) is 0 Å². The van der Waals surface area contributed by atoms with E-state index in [4.69, 9.17) is 10.9 Å². The number of carbonyl (C=O) groups is 1. The first-order valence-corrected chi connectivity index (χ1v) is 6.71. The fourth-order valence-corrected chi connectivity index (χ4v) is 3.12. The van der Waals surface area contributed by atoms with E-state index in [9.17, 15) is 4.79 Å². The van der Waals surface area contributed by atoms with Gasteiger partial charge in [-0.3, -0.25) is 4.79 Å². The summed E-state index contributed by atoms with van der Waals surface area (Å²) >= 11 is 0. The minimum Gasteiger partial charge on any atom is -0.409 e. The lowest BCUT2D eigenvalue weighted by atomic mass is 9.67. The van der Waals surface area contributed by atoms with E-state index in [-0.39, 0.29) is 23.2 Å². The summed E-state index contributed by atoms with van der Waals surface area (Å²) in [6.07, 6.45) is 5.62. The molecule has 1 unspecified atom stereocenters. The molecule has 4 N–H and O–H groups in total. The third-order valence-corrected chi connectivity index (χ3v) is 4.80. The predicted molar refractivity (Wildman–Crippen MR) is 69.3 cm³/mol. The van der Waals surface area contributed by atoms with Crippen molar-refractivity contribution in [3.05, 3.63) is 0 Å². The molecule has 2 aliphatic carbocycles. The fraction of sp³-hybridized carbons (Fsp3) is 0.846. The number of hydrogen-bond acceptors (Lipinski definition) is 3. The second-order valence-electron chi connectivity index (χ2n) is 6.33. The van der Waals surface area contributed by atoms with Gasteiger partial charge in [-0.05, 0) is 31.1 Å². The van der Waals surface area contributed by atoms with Crippen LogP contribution in [-0.4, -0.2) is 23.0 Å². The van der Waals surface area contributed by atoms with Gasteiger partial charge < -0.3 is 16.3 Å². The molecule has 0 aromatic rings. The minimum absolute atomic E-state index is 0.0575. The summed E-state index contributed by atoms with van der Waals surface area (Å²) in [4.78, 5) is 12.4. The van der Waals surface area contributed by atoms with Gasteiger partial charge in [0.25, 0.3) is 0 Å². The Balaban J connectivity index is 2.08. The van der Waals surface area contributed by atoms with Crippen molar-refractivity contribution in [2.75, 3.05) is 0 Å². The topological polar surface area (TPSA) is 87.7 Å². The molecule has 5 nitrogen and oxygen atoms in total. The molecule has 2 aliphatic rings. The van der Waals surface area contributed by atoms with Gasteiger partial charge in [-0.2, -0.15) is 0 Å². The number of oxime groups is 1. The van der Waals surface area contributed by atoms with Gasteiger partial charge in [-0.1, -0.05) is 31.8 Å². The van der Waals surface area contributed by atoms with Crippen molar-refractivity contribution >= 4 is 11.7 Å². The van der Waals surface area contributed by atoms with Gasteiger partial charge in [-0.15, -0.1) is 0 Å². The lowest BCUT2D eigenvalue weighted by Crippen LogP contribution is -2.57. The molecule has 1 amide bonds. The van der Waals surface area contributed by atoms with Crippen LogP contribution in [0.1, 0.15) is 52.4 Å². The number of nitrogens with zero attached hydrogens (tertiary/aromatic N) is 1. The maximum absolute atomic E-state index is 12.4. The molecule has 0 heterocycles. The van der Waals surface area contributed by atoms with E-state index < -0.39 is 5.41 Å². The molecule has 2 rings (SSSR count). The van der Waals surface area contributed by atoms with Gasteiger partial charge in [0.1, 0.15) is 5.41 Å². The third kappa shape index (κ3) is 1.95. The average molecular weight is 253 g/mol. The fourth-order valence-electron chi connectivity index (χ4n) is 3.12. The SMILES string of the molecule is CC1(C)CCCC1NC(=O)C1(C(N)=NO)CCC1. The van der Waals surface area contributed by atoms with Crippen LogP contribution in [0.5, 0.6) is 0 Å². The summed E-state index contributed by atoms with van der Waals surface area (Å²) < 4.78 is 0. The zero-order valence-corrected chi connectivity index (χ0v) is 11.2. The van der Waals surface area contributed by atoms with Gasteiger partial charge in [0.05, 0.1) is 0 Å². The highest BCUT2D eigenvalue weighted by atomic mass is 16.4. The van der Waals surface area contributed by atoms with Crippen LogP contribution >= 0.6 is 0 Å². The summed E-state index contributed by atoms with van der Waals surface area (Å²) in [6.45, 7) is 4.36. The molecule has 0 aliphatic heterocycles. The Morgan fingerprint density at radius 3 is 2.39 bits per heavy atom. The van der Waals surface area contributed by atoms with Crippen molar-refractivity contribution < 1.29 is 10.0 Å². The summed E-state index contributed by atoms with van der Waals surface area (Å²) in [5, 5.41) is 15.0. The summed E-state index contributed by atoms with van der Waals surface area (Å²) in [7, 11) is 0. The lowest BCUT2D eigenvalue weighted by Gasteiger charge is -2.40. The summed E-state index contributed by atoms with van der Waals surface area (Å²) in [5.41, 5.74) is 5.08. The van der Waals surface area contributed by atoms with Crippen LogP contribution in [-0.2, 0) is 4.79 Å². The summed E-state index contributed by atoms with van der Waals surface area (Å²) in [6, 6.07) is 0.203. The zero-order chi connectivity index (χ0) is 13.4. The molecule has 18 heavy (non-hydrogen) atoms. The van der Waals surface area contributed by atoms with Crippen LogP contribution in [0, 0.1) is 10.8 Å². The predicted octanol–water partition coefficient (Wildman–Crippen LogP) is 1.60. The number of amides is 1. The first-order chi connectivity index (χ1) is 8.42. The molecular weight excluding hydrogens is 230 g/mol. The number of rotatable bonds is 3. The number of hydrogen-bond donors (Lipinski definition) is 3. The van der Waals surface area contributed by atoms with E-state index >= 15 is 0 Å². The Bertz CT molecular complexity index is 372. The van der Waals surface area contributed by atoms with Crippen LogP contribution in [0.2, 0.25) is 0 Å². The maximum atomic E-state index is 12.4. The zero-order valence-electron chi connectivity index (χ0n) is 11.2. The number of amidine groups is 1. The Morgan fingerprint density at radius 2 is 2.00 bits per heavy atom. The molecule has 0 bridgehead atoms. The Hall–Kier alpha value is -1.26. The van der Waals surface area contributed by atoms with Gasteiger partial charge in [-0.25, -0.2) is 0 Å². The van der Waals surface area contributed by atoms with Gasteiger partial charge >= 0.3 is 0 Å². The van der Waals surface area contributed by atoms with Crippen molar-refractivity contribution in [1.82, 2.24) is 5.32 Å². The molecular formula is C13H23N3O2. The molecule has 5 heteroatoms. The average Bonchev–Trinajstić information content (AvgIpc) is 2.56. The Kier molecular flexibility index (Phi) is 3.25. The van der Waals surface area contributed by atoms with Gasteiger partial charge in [0.2, 0.25) is 5.91 Å². The summed E-state index contributed by atoms with van der Waals surface area (Å²) in [5.74, 6) is -0.00826. The second kappa shape index (κ2) is 4.44. The first-order valence-electron chi connectivity index (χ1n) is 6.71. The molecule has 0 aromatic heterocycles. The quantitative estimate of drug-likeness (QED) is 0.309. The molecule has 0 spiro atoms. The molecule has 102 valence electrons. The van der Waals surface area contributed by atoms with Crippen LogP contribution in [0.15, 0.2) is 5.16 Å². The molecule has 2 fully saturated rings. The van der Waals surface area contributed by atoms with Gasteiger partial charge in [0, 0.05) is 6.04 Å². The number of nitrogens with two attached hydrogens (primary N) is 1. The molecule has 0 aromatic carbocycles. The van der Waals surface area contributed by atoms with Crippen LogP contribution < -0.4 is 11.1 Å². The van der Waals surface area contributed by atoms with Crippen LogP contribution in [0.3, 0.4) is 0 Å². The highest BCUT2D eigenvalue weighted by Crippen LogP contribution is 2.43. The normalized spacial score (nSPS) is 29.7. The molecule has 0 radical (unpaired) electrons. The van der Waals surface area contributed by atoms with Crippen LogP contribution in [0.4, 0.5) is 0 Å². The highest BCUT2D eigenvalue weighted by molar-refractivity contribution is 6.07. The third-order valence-electron chi connectivity index (χ3n) is 4.80. The van der Waals surface area contributed by atoms with E-state index in [0.29, 0.717) is 12.8 Å².